The zero-order chi connectivity index (χ0) is 21.8. The van der Waals surface area contributed by atoms with E-state index >= 15 is 0 Å². The van der Waals surface area contributed by atoms with E-state index in [2.05, 4.69) is 11.7 Å². The summed E-state index contributed by atoms with van der Waals surface area (Å²) in [6.45, 7) is 16.9. The first-order chi connectivity index (χ1) is 13.2. The Morgan fingerprint density at radius 3 is 2.45 bits per heavy atom. The van der Waals surface area contributed by atoms with Crippen molar-refractivity contribution in [2.75, 3.05) is 13.1 Å². The minimum atomic E-state index is -1.28. The summed E-state index contributed by atoms with van der Waals surface area (Å²) in [6, 6.07) is -0.122. The van der Waals surface area contributed by atoms with Crippen LogP contribution in [-0.2, 0) is 22.5 Å². The average Bonchev–Trinajstić information content (AvgIpc) is 3.04. The van der Waals surface area contributed by atoms with E-state index in [0.29, 0.717) is 17.6 Å². The van der Waals surface area contributed by atoms with E-state index in [4.69, 9.17) is 16.3 Å². The van der Waals surface area contributed by atoms with Crippen LogP contribution in [0.25, 0.3) is 0 Å². The van der Waals surface area contributed by atoms with E-state index in [1.54, 1.807) is 8.88 Å². The Bertz CT molecular complexity index is 805. The number of likely N-dealkylation sites (tertiary alicyclic amines) is 1. The Morgan fingerprint density at radius 1 is 1.34 bits per heavy atom. The number of amides is 1. The van der Waals surface area contributed by atoms with Crippen molar-refractivity contribution in [1.82, 2.24) is 9.88 Å². The molecule has 2 atom stereocenters. The normalized spacial score (nSPS) is 22.5. The fourth-order valence-electron chi connectivity index (χ4n) is 4.18. The molecule has 2 heterocycles. The molecule has 1 spiro atoms. The van der Waals surface area contributed by atoms with Crippen molar-refractivity contribution in [2.24, 2.45) is 5.41 Å². The summed E-state index contributed by atoms with van der Waals surface area (Å²) in [5.74, 6) is 0. The molecule has 1 fully saturated rings. The Hall–Kier alpha value is -0.830. The van der Waals surface area contributed by atoms with Gasteiger partial charge in [-0.15, -0.1) is 11.3 Å². The number of piperidine rings is 1. The van der Waals surface area contributed by atoms with E-state index in [1.165, 1.54) is 11.3 Å². The van der Waals surface area contributed by atoms with Crippen molar-refractivity contribution in [1.29, 1.82) is 0 Å². The molecular weight excluding hydrogens is 430 g/mol. The predicted octanol–water partition coefficient (Wildman–Crippen LogP) is 4.59. The lowest BCUT2D eigenvalue weighted by atomic mass is 9.73. The lowest BCUT2D eigenvalue weighted by Gasteiger charge is -2.40. The number of hydrogen-bond donors (Lipinski definition) is 0. The van der Waals surface area contributed by atoms with Gasteiger partial charge in [-0.2, -0.15) is 0 Å². The number of hydrogen-bond acceptors (Lipinski definition) is 5. The van der Waals surface area contributed by atoms with Crippen LogP contribution in [0.15, 0.2) is 0 Å². The first-order valence-corrected chi connectivity index (χ1v) is 12.2. The molecule has 1 amide bonds. The van der Waals surface area contributed by atoms with Crippen molar-refractivity contribution in [3.63, 3.8) is 0 Å². The molecule has 0 saturated carbocycles. The molecular formula is C20H31ClN3O3S2+. The first kappa shape index (κ1) is 22.8. The molecule has 1 aliphatic heterocycles. The van der Waals surface area contributed by atoms with Crippen LogP contribution in [0.4, 0.5) is 4.79 Å². The van der Waals surface area contributed by atoms with Gasteiger partial charge in [-0.05, 0) is 58.4 Å². The number of ether oxygens (including phenoxy) is 1. The van der Waals surface area contributed by atoms with Gasteiger partial charge >= 0.3 is 6.09 Å². The monoisotopic (exact) mass is 460 g/mol. The van der Waals surface area contributed by atoms with E-state index in [1.807, 2.05) is 41.5 Å². The molecule has 162 valence electrons. The molecule has 0 aromatic carbocycles. The van der Waals surface area contributed by atoms with Gasteiger partial charge in [-0.25, -0.2) is 9.78 Å². The molecule has 1 saturated heterocycles. The highest BCUT2D eigenvalue weighted by molar-refractivity contribution is 7.86. The van der Waals surface area contributed by atoms with Gasteiger partial charge in [0.2, 0.25) is 17.4 Å². The van der Waals surface area contributed by atoms with Gasteiger partial charge in [-0.1, -0.05) is 11.6 Å². The summed E-state index contributed by atoms with van der Waals surface area (Å²) < 4.78 is 20.5. The van der Waals surface area contributed by atoms with Gasteiger partial charge in [0.15, 0.2) is 15.9 Å². The van der Waals surface area contributed by atoms with Crippen LogP contribution in [-0.4, -0.2) is 54.7 Å². The number of aromatic nitrogens is 1. The second-order valence-electron chi connectivity index (χ2n) is 9.97. The van der Waals surface area contributed by atoms with E-state index < -0.39 is 21.7 Å². The zero-order valence-corrected chi connectivity index (χ0v) is 20.5. The summed E-state index contributed by atoms with van der Waals surface area (Å²) in [5, 5.41) is 0. The van der Waals surface area contributed by atoms with Crippen molar-refractivity contribution in [3.05, 3.63) is 15.0 Å². The van der Waals surface area contributed by atoms with Crippen LogP contribution < -0.4 is 0 Å². The number of nitrogens with zero attached hydrogens (tertiary/aromatic N) is 3. The summed E-state index contributed by atoms with van der Waals surface area (Å²) in [5.41, 5.74) is 0.316. The molecule has 2 aliphatic rings. The molecule has 3 rings (SSSR count). The fourth-order valence-corrected chi connectivity index (χ4v) is 6.88. The van der Waals surface area contributed by atoms with Gasteiger partial charge in [-0.3, -0.25) is 0 Å². The number of carbonyl (C=O) groups is 1. The summed E-state index contributed by atoms with van der Waals surface area (Å²) in [7, 11) is 0. The molecule has 0 radical (unpaired) electrons. The van der Waals surface area contributed by atoms with Crippen LogP contribution in [0.3, 0.4) is 0 Å². The molecule has 1 aromatic heterocycles. The van der Waals surface area contributed by atoms with Crippen LogP contribution in [0, 0.1) is 5.41 Å². The molecule has 29 heavy (non-hydrogen) atoms. The third kappa shape index (κ3) is 4.60. The van der Waals surface area contributed by atoms with Gasteiger partial charge in [0.25, 0.3) is 0 Å². The van der Waals surface area contributed by atoms with Crippen LogP contribution in [0.2, 0.25) is 4.47 Å². The topological polar surface area (TPSA) is 68.5 Å². The van der Waals surface area contributed by atoms with Crippen LogP contribution >= 0.6 is 22.9 Å². The molecule has 0 N–H and O–H groups in total. The summed E-state index contributed by atoms with van der Waals surface area (Å²) >= 11 is 6.38. The minimum absolute atomic E-state index is 0.122. The second-order valence-corrected chi connectivity index (χ2v) is 13.8. The maximum absolute atomic E-state index is 13.2. The zero-order valence-electron chi connectivity index (χ0n) is 18.1. The average molecular weight is 461 g/mol. The van der Waals surface area contributed by atoms with Gasteiger partial charge < -0.3 is 14.2 Å². The van der Waals surface area contributed by atoms with E-state index in [-0.39, 0.29) is 17.6 Å². The van der Waals surface area contributed by atoms with Crippen LogP contribution in [0.1, 0.15) is 71.0 Å². The summed E-state index contributed by atoms with van der Waals surface area (Å²) in [4.78, 5) is 19.8. The number of halogens is 1. The van der Waals surface area contributed by atoms with Gasteiger partial charge in [0.05, 0.1) is 11.1 Å². The number of fused-ring (bicyclic) bond motifs is 1. The molecule has 1 aromatic rings. The SMILES string of the molecule is C=[N+]([C@H]1c2sc(Cl)nc2CC12CCN(C(=O)OC(C)(C)C)CC2)[S@@+]([O-])C(C)(C)C. The van der Waals surface area contributed by atoms with Crippen molar-refractivity contribution >= 4 is 47.1 Å². The number of carbonyl (C=O) groups excluding carboxylic acids is 1. The van der Waals surface area contributed by atoms with Crippen molar-refractivity contribution in [3.8, 4) is 0 Å². The first-order valence-electron chi connectivity index (χ1n) is 9.88. The summed E-state index contributed by atoms with van der Waals surface area (Å²) in [6.07, 6.45) is 2.06. The maximum atomic E-state index is 13.2. The fraction of sp³-hybridized carbons (Fsp3) is 0.750. The number of rotatable bonds is 2. The van der Waals surface area contributed by atoms with Crippen molar-refractivity contribution in [2.45, 2.75) is 77.2 Å². The predicted molar refractivity (Wildman–Crippen MR) is 118 cm³/mol. The minimum Gasteiger partial charge on any atom is -0.557 e. The van der Waals surface area contributed by atoms with Crippen LogP contribution in [0.5, 0.6) is 0 Å². The molecule has 0 unspecified atom stereocenters. The van der Waals surface area contributed by atoms with Gasteiger partial charge in [0, 0.05) is 19.5 Å². The highest BCUT2D eigenvalue weighted by atomic mass is 35.5. The van der Waals surface area contributed by atoms with E-state index in [0.717, 1.165) is 29.8 Å². The lowest BCUT2D eigenvalue weighted by molar-refractivity contribution is -0.441. The molecule has 9 heteroatoms. The maximum Gasteiger partial charge on any atom is 0.410 e. The Balaban J connectivity index is 1.84. The molecule has 1 aliphatic carbocycles. The smallest absolute Gasteiger partial charge is 0.410 e. The number of thiazole rings is 1. The third-order valence-corrected chi connectivity index (χ3v) is 8.42. The molecule has 6 nitrogen and oxygen atoms in total. The Labute approximate surface area is 185 Å². The Kier molecular flexibility index (Phi) is 6.06. The standard InChI is InChI=1S/C20H31ClN3O3S2/c1-18(2,3)27-17(25)24-10-8-20(9-11-24)12-13-14(28-16(21)22-13)15(20)23(7)29(26)19(4,5)6/h15H,7-12H2,1-6H3/q+1/t15-,29-/m0/s1. The highest BCUT2D eigenvalue weighted by Crippen LogP contribution is 2.56. The molecule has 0 bridgehead atoms. The second kappa shape index (κ2) is 7.70. The largest absolute Gasteiger partial charge is 0.557 e. The third-order valence-electron chi connectivity index (χ3n) is 5.49. The Morgan fingerprint density at radius 2 is 1.93 bits per heavy atom. The van der Waals surface area contributed by atoms with E-state index in [9.17, 15) is 9.35 Å². The highest BCUT2D eigenvalue weighted by Gasteiger charge is 2.60. The van der Waals surface area contributed by atoms with Gasteiger partial charge in [0.1, 0.15) is 10.5 Å². The van der Waals surface area contributed by atoms with Crippen molar-refractivity contribution < 1.29 is 18.1 Å². The quantitative estimate of drug-likeness (QED) is 0.368. The lowest BCUT2D eigenvalue weighted by Crippen LogP contribution is -2.49.